The van der Waals surface area contributed by atoms with E-state index in [0.717, 1.165) is 30.6 Å². The molecule has 1 aromatic rings. The van der Waals surface area contributed by atoms with E-state index in [2.05, 4.69) is 6.92 Å². The number of benzene rings is 1. The number of hydrogen-bond acceptors (Lipinski definition) is 2. The summed E-state index contributed by atoms with van der Waals surface area (Å²) in [6, 6.07) is 7.78. The molecule has 1 aromatic carbocycles. The lowest BCUT2D eigenvalue weighted by Crippen LogP contribution is -2.28. The van der Waals surface area contributed by atoms with Crippen molar-refractivity contribution in [1.29, 1.82) is 0 Å². The summed E-state index contributed by atoms with van der Waals surface area (Å²) in [7, 11) is 1.65. The Bertz CT molecular complexity index is 331. The summed E-state index contributed by atoms with van der Waals surface area (Å²) >= 11 is 0. The van der Waals surface area contributed by atoms with Crippen molar-refractivity contribution in [3.8, 4) is 5.75 Å². The Kier molecular flexibility index (Phi) is 2.70. The molecule has 2 atom stereocenters. The van der Waals surface area contributed by atoms with Gasteiger partial charge in [0.15, 0.2) is 0 Å². The van der Waals surface area contributed by atoms with Crippen molar-refractivity contribution in [2.75, 3.05) is 7.11 Å². The Morgan fingerprint density at radius 1 is 1.33 bits per heavy atom. The fourth-order valence-corrected chi connectivity index (χ4v) is 2.47. The van der Waals surface area contributed by atoms with Gasteiger partial charge >= 0.3 is 0 Å². The molecule has 1 fully saturated rings. The molecule has 0 heterocycles. The van der Waals surface area contributed by atoms with Gasteiger partial charge < -0.3 is 9.84 Å². The molecule has 82 valence electrons. The van der Waals surface area contributed by atoms with Crippen LogP contribution in [0.1, 0.15) is 31.7 Å². The Hall–Kier alpha value is -1.02. The van der Waals surface area contributed by atoms with E-state index in [9.17, 15) is 5.11 Å². The number of rotatable bonds is 2. The zero-order valence-electron chi connectivity index (χ0n) is 9.36. The van der Waals surface area contributed by atoms with Gasteiger partial charge in [-0.05, 0) is 42.9 Å². The molecule has 1 N–H and O–H groups in total. The standard InChI is InChI=1S/C13H18O2/c1-10-4-3-9-13(10,14)11-5-7-12(15-2)8-6-11/h5-8,10,14H,3-4,9H2,1-2H3/t10-,13+/m0/s1. The third-order valence-corrected chi connectivity index (χ3v) is 3.60. The zero-order valence-corrected chi connectivity index (χ0v) is 9.36. The average Bonchev–Trinajstić information content (AvgIpc) is 2.61. The average molecular weight is 206 g/mol. The summed E-state index contributed by atoms with van der Waals surface area (Å²) in [6.45, 7) is 2.12. The Morgan fingerprint density at radius 3 is 2.47 bits per heavy atom. The minimum atomic E-state index is -0.619. The van der Waals surface area contributed by atoms with Crippen LogP contribution >= 0.6 is 0 Å². The smallest absolute Gasteiger partial charge is 0.118 e. The molecule has 0 bridgehead atoms. The summed E-state index contributed by atoms with van der Waals surface area (Å²) < 4.78 is 5.11. The zero-order chi connectivity index (χ0) is 10.9. The highest BCUT2D eigenvalue weighted by molar-refractivity contribution is 5.31. The molecule has 0 saturated heterocycles. The molecule has 1 aliphatic carbocycles. The molecule has 1 saturated carbocycles. The van der Waals surface area contributed by atoms with E-state index >= 15 is 0 Å². The van der Waals surface area contributed by atoms with Gasteiger partial charge in [0.25, 0.3) is 0 Å². The summed E-state index contributed by atoms with van der Waals surface area (Å²) in [5.41, 5.74) is 0.403. The van der Waals surface area contributed by atoms with Gasteiger partial charge in [0, 0.05) is 0 Å². The third-order valence-electron chi connectivity index (χ3n) is 3.60. The number of ether oxygens (including phenoxy) is 1. The van der Waals surface area contributed by atoms with Crippen LogP contribution in [-0.2, 0) is 5.60 Å². The first-order valence-corrected chi connectivity index (χ1v) is 5.54. The van der Waals surface area contributed by atoms with Crippen molar-refractivity contribution in [3.63, 3.8) is 0 Å². The van der Waals surface area contributed by atoms with Gasteiger partial charge in [0.2, 0.25) is 0 Å². The van der Waals surface area contributed by atoms with E-state index in [4.69, 9.17) is 4.74 Å². The fraction of sp³-hybridized carbons (Fsp3) is 0.538. The van der Waals surface area contributed by atoms with Crippen molar-refractivity contribution < 1.29 is 9.84 Å². The first-order valence-electron chi connectivity index (χ1n) is 5.54. The molecule has 15 heavy (non-hydrogen) atoms. The lowest BCUT2D eigenvalue weighted by atomic mass is 9.85. The van der Waals surface area contributed by atoms with Crippen molar-refractivity contribution in [1.82, 2.24) is 0 Å². The van der Waals surface area contributed by atoms with Crippen LogP contribution in [0.5, 0.6) is 5.75 Å². The minimum Gasteiger partial charge on any atom is -0.497 e. The summed E-state index contributed by atoms with van der Waals surface area (Å²) in [4.78, 5) is 0. The van der Waals surface area contributed by atoms with E-state index in [1.165, 1.54) is 0 Å². The van der Waals surface area contributed by atoms with Gasteiger partial charge in [0.05, 0.1) is 12.7 Å². The van der Waals surface area contributed by atoms with Crippen LogP contribution in [0, 0.1) is 5.92 Å². The maximum atomic E-state index is 10.6. The molecule has 0 radical (unpaired) electrons. The predicted octanol–water partition coefficient (Wildman–Crippen LogP) is 2.70. The van der Waals surface area contributed by atoms with Crippen LogP contribution in [0.3, 0.4) is 0 Å². The summed E-state index contributed by atoms with van der Waals surface area (Å²) in [5, 5.41) is 10.6. The normalized spacial score (nSPS) is 30.5. The van der Waals surface area contributed by atoms with Crippen molar-refractivity contribution in [3.05, 3.63) is 29.8 Å². The second-order valence-electron chi connectivity index (χ2n) is 4.45. The molecule has 2 rings (SSSR count). The third kappa shape index (κ3) is 1.74. The van der Waals surface area contributed by atoms with Crippen molar-refractivity contribution in [2.45, 2.75) is 31.8 Å². The minimum absolute atomic E-state index is 0.353. The highest BCUT2D eigenvalue weighted by Gasteiger charge is 2.39. The van der Waals surface area contributed by atoms with Gasteiger partial charge in [-0.15, -0.1) is 0 Å². The topological polar surface area (TPSA) is 29.5 Å². The van der Waals surface area contributed by atoms with E-state index < -0.39 is 5.60 Å². The first-order chi connectivity index (χ1) is 7.16. The Labute approximate surface area is 90.9 Å². The predicted molar refractivity (Wildman–Crippen MR) is 59.9 cm³/mol. The van der Waals surface area contributed by atoms with Crippen LogP contribution in [0.25, 0.3) is 0 Å². The van der Waals surface area contributed by atoms with Crippen molar-refractivity contribution in [2.24, 2.45) is 5.92 Å². The number of aliphatic hydroxyl groups is 1. The fourth-order valence-electron chi connectivity index (χ4n) is 2.47. The van der Waals surface area contributed by atoms with Gasteiger partial charge in [-0.25, -0.2) is 0 Å². The van der Waals surface area contributed by atoms with E-state index in [0.29, 0.717) is 5.92 Å². The quantitative estimate of drug-likeness (QED) is 0.806. The molecule has 2 nitrogen and oxygen atoms in total. The lowest BCUT2D eigenvalue weighted by molar-refractivity contribution is 0.00446. The molecular formula is C13H18O2. The van der Waals surface area contributed by atoms with E-state index in [-0.39, 0.29) is 0 Å². The summed E-state index contributed by atoms with van der Waals surface area (Å²) in [5.74, 6) is 1.19. The van der Waals surface area contributed by atoms with E-state index in [1.54, 1.807) is 7.11 Å². The molecule has 2 heteroatoms. The molecule has 0 aromatic heterocycles. The molecule has 1 aliphatic rings. The van der Waals surface area contributed by atoms with Crippen LogP contribution in [-0.4, -0.2) is 12.2 Å². The van der Waals surface area contributed by atoms with E-state index in [1.807, 2.05) is 24.3 Å². The van der Waals surface area contributed by atoms with Crippen LogP contribution < -0.4 is 4.74 Å². The Morgan fingerprint density at radius 2 is 2.00 bits per heavy atom. The molecule has 0 unspecified atom stereocenters. The highest BCUT2D eigenvalue weighted by atomic mass is 16.5. The van der Waals surface area contributed by atoms with Crippen LogP contribution in [0.2, 0.25) is 0 Å². The van der Waals surface area contributed by atoms with Gasteiger partial charge in [0.1, 0.15) is 5.75 Å². The van der Waals surface area contributed by atoms with Gasteiger partial charge in [-0.1, -0.05) is 19.1 Å². The second-order valence-corrected chi connectivity index (χ2v) is 4.45. The number of hydrogen-bond donors (Lipinski definition) is 1. The maximum absolute atomic E-state index is 10.6. The first kappa shape index (κ1) is 10.5. The highest BCUT2D eigenvalue weighted by Crippen LogP contribution is 2.43. The van der Waals surface area contributed by atoms with Crippen LogP contribution in [0.4, 0.5) is 0 Å². The van der Waals surface area contributed by atoms with Gasteiger partial charge in [-0.3, -0.25) is 0 Å². The SMILES string of the molecule is COc1ccc([C@@]2(O)CCC[C@@H]2C)cc1. The Balaban J connectivity index is 2.28. The van der Waals surface area contributed by atoms with Gasteiger partial charge in [-0.2, -0.15) is 0 Å². The largest absolute Gasteiger partial charge is 0.497 e. The van der Waals surface area contributed by atoms with Crippen LogP contribution in [0.15, 0.2) is 24.3 Å². The number of methoxy groups -OCH3 is 1. The molecule has 0 amide bonds. The second kappa shape index (κ2) is 3.86. The maximum Gasteiger partial charge on any atom is 0.118 e. The lowest BCUT2D eigenvalue weighted by Gasteiger charge is -2.28. The monoisotopic (exact) mass is 206 g/mol. The molecule has 0 aliphatic heterocycles. The molecular weight excluding hydrogens is 188 g/mol. The van der Waals surface area contributed by atoms with Crippen molar-refractivity contribution >= 4 is 0 Å². The summed E-state index contributed by atoms with van der Waals surface area (Å²) in [6.07, 6.45) is 3.10. The molecule has 0 spiro atoms.